The van der Waals surface area contributed by atoms with E-state index in [1.165, 1.54) is 10.6 Å². The summed E-state index contributed by atoms with van der Waals surface area (Å²) >= 11 is 0. The third-order valence-electron chi connectivity index (χ3n) is 7.30. The summed E-state index contributed by atoms with van der Waals surface area (Å²) in [4.78, 5) is 15.4. The first-order chi connectivity index (χ1) is 19.4. The lowest BCUT2D eigenvalue weighted by molar-refractivity contribution is 0.0353. The number of likely N-dealkylation sites (tertiary alicyclic amines) is 1. The molecule has 40 heavy (non-hydrogen) atoms. The first-order valence-corrected chi connectivity index (χ1v) is 13.8. The molecule has 4 rings (SSSR count). The van der Waals surface area contributed by atoms with Gasteiger partial charge in [-0.25, -0.2) is 4.79 Å². The number of carbonyl (C=O) groups excluding carboxylic acids is 1. The molecule has 1 aliphatic rings. The molecule has 216 valence electrons. The number of aromatic nitrogens is 1. The van der Waals surface area contributed by atoms with Gasteiger partial charge in [0, 0.05) is 30.2 Å². The third kappa shape index (κ3) is 7.21. The van der Waals surface area contributed by atoms with Crippen molar-refractivity contribution in [1.29, 1.82) is 0 Å². The second-order valence-corrected chi connectivity index (χ2v) is 10.2. The Bertz CT molecular complexity index is 1270. The van der Waals surface area contributed by atoms with Gasteiger partial charge in [0.15, 0.2) is 17.4 Å². The van der Waals surface area contributed by atoms with Gasteiger partial charge in [0.1, 0.15) is 5.75 Å². The van der Waals surface area contributed by atoms with Gasteiger partial charge in [-0.15, -0.1) is 0 Å². The Kier molecular flexibility index (Phi) is 10.2. The van der Waals surface area contributed by atoms with Crippen LogP contribution in [0.5, 0.6) is 29.0 Å². The van der Waals surface area contributed by atoms with E-state index in [0.29, 0.717) is 41.5 Å². The number of hydrogen-bond acceptors (Lipinski definition) is 8. The molecule has 3 aromatic rings. The van der Waals surface area contributed by atoms with Gasteiger partial charge in [-0.05, 0) is 76.4 Å². The highest BCUT2D eigenvalue weighted by Gasteiger charge is 2.23. The Balaban J connectivity index is 1.19. The van der Waals surface area contributed by atoms with Gasteiger partial charge in [0.25, 0.3) is 0 Å². The molecule has 0 radical (unpaired) electrons. The van der Waals surface area contributed by atoms with Crippen molar-refractivity contribution in [1.82, 2.24) is 9.47 Å². The Labute approximate surface area is 235 Å². The molecule has 1 unspecified atom stereocenters. The predicted octanol–water partition coefficient (Wildman–Crippen LogP) is 5.33. The number of para-hydroxylation sites is 1. The second-order valence-electron chi connectivity index (χ2n) is 10.2. The highest BCUT2D eigenvalue weighted by Crippen LogP contribution is 2.33. The monoisotopic (exact) mass is 552 g/mol. The zero-order valence-electron chi connectivity index (χ0n) is 23.6. The van der Waals surface area contributed by atoms with Crippen molar-refractivity contribution in [3.05, 3.63) is 59.7 Å². The number of nitrogens with zero attached hydrogens (tertiary/aromatic N) is 2. The highest BCUT2D eigenvalue weighted by atomic mass is 16.5. The molecule has 0 amide bonds. The molecule has 1 fully saturated rings. The molecule has 1 aromatic heterocycles. The maximum absolute atomic E-state index is 13.0. The molecular weight excluding hydrogens is 512 g/mol. The smallest absolute Gasteiger partial charge is 0.340 e. The summed E-state index contributed by atoms with van der Waals surface area (Å²) in [6.45, 7) is 5.64. The number of carbonyl (C=O) groups is 1. The van der Waals surface area contributed by atoms with Crippen molar-refractivity contribution in [3.63, 3.8) is 0 Å². The number of hydrogen-bond donors (Lipinski definition) is 2. The van der Waals surface area contributed by atoms with E-state index in [1.54, 1.807) is 45.4 Å². The number of aromatic hydroxyl groups is 2. The summed E-state index contributed by atoms with van der Waals surface area (Å²) in [6.07, 6.45) is 5.21. The molecule has 2 aromatic carbocycles. The van der Waals surface area contributed by atoms with E-state index < -0.39 is 5.97 Å². The zero-order valence-corrected chi connectivity index (χ0v) is 23.6. The molecule has 0 saturated carbocycles. The molecule has 1 atom stereocenters. The molecule has 1 aliphatic heterocycles. The van der Waals surface area contributed by atoms with Crippen LogP contribution in [0, 0.1) is 12.8 Å². The lowest BCUT2D eigenvalue weighted by Gasteiger charge is -2.32. The number of methoxy groups -OCH3 is 2. The minimum absolute atomic E-state index is 0.104. The Morgan fingerprint density at radius 2 is 1.80 bits per heavy atom. The van der Waals surface area contributed by atoms with Gasteiger partial charge in [0.05, 0.1) is 38.7 Å². The van der Waals surface area contributed by atoms with Gasteiger partial charge >= 0.3 is 5.97 Å². The van der Waals surface area contributed by atoms with Crippen molar-refractivity contribution in [3.8, 4) is 34.7 Å². The van der Waals surface area contributed by atoms with Crippen molar-refractivity contribution in [2.75, 3.05) is 47.1 Å². The Hall–Kier alpha value is -3.85. The average Bonchev–Trinajstić information content (AvgIpc) is 3.23. The van der Waals surface area contributed by atoms with Gasteiger partial charge in [-0.1, -0.05) is 12.1 Å². The van der Waals surface area contributed by atoms with Gasteiger partial charge in [0.2, 0.25) is 5.88 Å². The maximum Gasteiger partial charge on any atom is 0.340 e. The molecule has 0 bridgehead atoms. The van der Waals surface area contributed by atoms with Crippen LogP contribution in [0.2, 0.25) is 0 Å². The zero-order chi connectivity index (χ0) is 28.5. The molecule has 9 nitrogen and oxygen atoms in total. The van der Waals surface area contributed by atoms with Crippen LogP contribution < -0.4 is 14.2 Å². The van der Waals surface area contributed by atoms with Crippen LogP contribution in [-0.2, 0) is 4.74 Å². The number of benzene rings is 2. The van der Waals surface area contributed by atoms with E-state index in [1.807, 2.05) is 18.2 Å². The van der Waals surface area contributed by atoms with Crippen molar-refractivity contribution < 1.29 is 34.0 Å². The summed E-state index contributed by atoms with van der Waals surface area (Å²) in [7, 11) is 3.22. The summed E-state index contributed by atoms with van der Waals surface area (Å²) < 4.78 is 23.4. The first-order valence-electron chi connectivity index (χ1n) is 13.8. The van der Waals surface area contributed by atoms with E-state index in [4.69, 9.17) is 18.9 Å². The van der Waals surface area contributed by atoms with Crippen LogP contribution in [0.1, 0.15) is 48.0 Å². The van der Waals surface area contributed by atoms with Gasteiger partial charge in [-0.2, -0.15) is 0 Å². The van der Waals surface area contributed by atoms with Crippen LogP contribution in [0.4, 0.5) is 0 Å². The van der Waals surface area contributed by atoms with Crippen molar-refractivity contribution in [2.24, 2.45) is 5.92 Å². The van der Waals surface area contributed by atoms with E-state index in [-0.39, 0.29) is 17.7 Å². The molecule has 0 spiro atoms. The number of ether oxygens (including phenoxy) is 4. The third-order valence-corrected chi connectivity index (χ3v) is 7.30. The molecular formula is C31H40N2O7. The summed E-state index contributed by atoms with van der Waals surface area (Å²) in [5.74, 6) is 1.68. The van der Waals surface area contributed by atoms with Crippen LogP contribution in [0.15, 0.2) is 48.5 Å². The molecule has 0 aliphatic carbocycles. The lowest BCUT2D eigenvalue weighted by atomic mass is 9.98. The summed E-state index contributed by atoms with van der Waals surface area (Å²) in [6, 6.07) is 13.8. The summed E-state index contributed by atoms with van der Waals surface area (Å²) in [5, 5.41) is 20.7. The van der Waals surface area contributed by atoms with E-state index >= 15 is 0 Å². The predicted molar refractivity (Wildman–Crippen MR) is 152 cm³/mol. The number of rotatable bonds is 13. The number of esters is 1. The minimum Gasteiger partial charge on any atom is -0.494 e. The average molecular weight is 553 g/mol. The quantitative estimate of drug-likeness (QED) is 0.217. The topological polar surface area (TPSA) is 103 Å². The Morgan fingerprint density at radius 1 is 1.00 bits per heavy atom. The number of aryl methyl sites for hydroxylation is 1. The molecule has 9 heteroatoms. The normalized spacial score (nSPS) is 15.5. The fourth-order valence-electron chi connectivity index (χ4n) is 5.16. The van der Waals surface area contributed by atoms with Crippen LogP contribution >= 0.6 is 0 Å². The molecule has 1 saturated heterocycles. The standard InChI is InChI=1S/C31H40N2O7/c1-22-18-29(34)33(30(22)35)26-12-6-5-11-25(26)31(36)40-21-23-10-9-16-32(20-23)15-7-4-8-17-39-24-13-14-27(37-2)28(19-24)38-3/h5-6,11-14,18-19,23,34-35H,4,7-10,15-17,20-21H2,1-3H3. The maximum atomic E-state index is 13.0. The Morgan fingerprint density at radius 3 is 2.55 bits per heavy atom. The van der Waals surface area contributed by atoms with E-state index in [9.17, 15) is 15.0 Å². The van der Waals surface area contributed by atoms with Crippen molar-refractivity contribution >= 4 is 5.97 Å². The van der Waals surface area contributed by atoms with Crippen molar-refractivity contribution in [2.45, 2.75) is 39.0 Å². The van der Waals surface area contributed by atoms with Gasteiger partial charge < -0.3 is 34.1 Å². The fraction of sp³-hybridized carbons (Fsp3) is 0.452. The highest BCUT2D eigenvalue weighted by molar-refractivity contribution is 5.93. The first kappa shape index (κ1) is 29.1. The molecule has 2 heterocycles. The molecule has 2 N–H and O–H groups in total. The van der Waals surface area contributed by atoms with E-state index in [2.05, 4.69) is 4.90 Å². The van der Waals surface area contributed by atoms with E-state index in [0.717, 1.165) is 57.5 Å². The summed E-state index contributed by atoms with van der Waals surface area (Å²) in [5.41, 5.74) is 1.20. The second kappa shape index (κ2) is 14.0. The van der Waals surface area contributed by atoms with Crippen LogP contribution in [-0.4, -0.2) is 72.7 Å². The number of piperidine rings is 1. The van der Waals surface area contributed by atoms with Crippen LogP contribution in [0.3, 0.4) is 0 Å². The largest absolute Gasteiger partial charge is 0.494 e. The fourth-order valence-corrected chi connectivity index (χ4v) is 5.16. The minimum atomic E-state index is -0.465. The number of unbranched alkanes of at least 4 members (excludes halogenated alkanes) is 2. The SMILES string of the molecule is COc1ccc(OCCCCCN2CCCC(COC(=O)c3ccccc3-n3c(O)cc(C)c3O)C2)cc1OC. The lowest BCUT2D eigenvalue weighted by Crippen LogP contribution is -2.38. The van der Waals surface area contributed by atoms with Crippen LogP contribution in [0.25, 0.3) is 5.69 Å². The van der Waals surface area contributed by atoms with Gasteiger partial charge in [-0.3, -0.25) is 4.57 Å².